The lowest BCUT2D eigenvalue weighted by atomic mass is 9.95. The van der Waals surface area contributed by atoms with Crippen molar-refractivity contribution in [3.63, 3.8) is 0 Å². The summed E-state index contributed by atoms with van der Waals surface area (Å²) in [6, 6.07) is 7.27. The molecule has 1 aliphatic rings. The zero-order chi connectivity index (χ0) is 22.3. The molecule has 1 saturated heterocycles. The van der Waals surface area contributed by atoms with Gasteiger partial charge in [-0.3, -0.25) is 14.4 Å². The van der Waals surface area contributed by atoms with Crippen molar-refractivity contribution in [2.45, 2.75) is 65.8 Å². The normalized spacial score (nSPS) is 17.8. The van der Waals surface area contributed by atoms with E-state index in [4.69, 9.17) is 4.74 Å². The first kappa shape index (κ1) is 23.9. The lowest BCUT2D eigenvalue weighted by molar-refractivity contribution is -0.152. The van der Waals surface area contributed by atoms with Gasteiger partial charge >= 0.3 is 5.97 Å². The van der Waals surface area contributed by atoms with E-state index >= 15 is 0 Å². The highest BCUT2D eigenvalue weighted by molar-refractivity contribution is 5.93. The molecule has 2 rings (SSSR count). The third kappa shape index (κ3) is 6.85. The topological polar surface area (TPSA) is 75.7 Å². The van der Waals surface area contributed by atoms with Crippen LogP contribution in [0.25, 0.3) is 0 Å². The highest BCUT2D eigenvalue weighted by Gasteiger charge is 2.37. The van der Waals surface area contributed by atoms with Crippen LogP contribution in [0.4, 0.5) is 0 Å². The molecule has 1 aromatic carbocycles. The van der Waals surface area contributed by atoms with Gasteiger partial charge in [-0.1, -0.05) is 52.0 Å². The smallest absolute Gasteiger partial charge is 0.308 e. The molecule has 0 aliphatic carbocycles. The van der Waals surface area contributed by atoms with Crippen molar-refractivity contribution in [1.82, 2.24) is 10.2 Å². The summed E-state index contributed by atoms with van der Waals surface area (Å²) < 4.78 is 5.26. The van der Waals surface area contributed by atoms with Crippen molar-refractivity contribution < 1.29 is 19.1 Å². The highest BCUT2D eigenvalue weighted by atomic mass is 16.5. The van der Waals surface area contributed by atoms with Crippen molar-refractivity contribution in [3.8, 4) is 0 Å². The van der Waals surface area contributed by atoms with E-state index in [9.17, 15) is 14.4 Å². The van der Waals surface area contributed by atoms with Gasteiger partial charge in [0, 0.05) is 13.1 Å². The Morgan fingerprint density at radius 3 is 2.37 bits per heavy atom. The van der Waals surface area contributed by atoms with Crippen LogP contribution in [0.3, 0.4) is 0 Å². The minimum atomic E-state index is -0.819. The van der Waals surface area contributed by atoms with Crippen LogP contribution >= 0.6 is 0 Å². The largest absolute Gasteiger partial charge is 0.466 e. The Morgan fingerprint density at radius 1 is 1.10 bits per heavy atom. The summed E-state index contributed by atoms with van der Waals surface area (Å²) in [5, 5.41) is 2.76. The van der Waals surface area contributed by atoms with Gasteiger partial charge in [-0.25, -0.2) is 0 Å². The Balaban J connectivity index is 2.05. The molecule has 6 nitrogen and oxygen atoms in total. The molecule has 0 bridgehead atoms. The van der Waals surface area contributed by atoms with Gasteiger partial charge in [-0.2, -0.15) is 0 Å². The third-order valence-electron chi connectivity index (χ3n) is 5.43. The van der Waals surface area contributed by atoms with E-state index in [0.717, 1.165) is 18.4 Å². The van der Waals surface area contributed by atoms with E-state index in [0.29, 0.717) is 31.5 Å². The molecule has 0 saturated carbocycles. The monoisotopic (exact) mass is 416 g/mol. The maximum Gasteiger partial charge on any atom is 0.308 e. The van der Waals surface area contributed by atoms with Crippen molar-refractivity contribution >= 4 is 17.8 Å². The highest BCUT2D eigenvalue weighted by Crippen LogP contribution is 2.23. The maximum atomic E-state index is 13.2. The van der Waals surface area contributed by atoms with Gasteiger partial charge < -0.3 is 15.0 Å². The zero-order valence-electron chi connectivity index (χ0n) is 18.9. The SMILES string of the molecule is CC(C)CCOC(=O)CC1C(=O)NCCN1C(=O)C(C)c1ccc(CC(C)C)cc1. The minimum absolute atomic E-state index is 0.115. The van der Waals surface area contributed by atoms with Crippen LogP contribution in [0, 0.1) is 11.8 Å². The van der Waals surface area contributed by atoms with E-state index in [1.165, 1.54) is 10.5 Å². The van der Waals surface area contributed by atoms with Crippen LogP contribution < -0.4 is 5.32 Å². The van der Waals surface area contributed by atoms with Gasteiger partial charge in [-0.05, 0) is 42.7 Å². The molecule has 1 N–H and O–H groups in total. The lowest BCUT2D eigenvalue weighted by Gasteiger charge is -2.36. The maximum absolute atomic E-state index is 13.2. The molecule has 0 spiro atoms. The molecule has 0 radical (unpaired) electrons. The Labute approximate surface area is 180 Å². The van der Waals surface area contributed by atoms with E-state index in [-0.39, 0.29) is 24.2 Å². The second-order valence-corrected chi connectivity index (χ2v) is 9.01. The number of piperazine rings is 1. The van der Waals surface area contributed by atoms with Crippen molar-refractivity contribution in [2.75, 3.05) is 19.7 Å². The molecule has 2 amide bonds. The predicted molar refractivity (Wildman–Crippen MR) is 117 cm³/mol. The fourth-order valence-electron chi connectivity index (χ4n) is 3.61. The number of nitrogens with zero attached hydrogens (tertiary/aromatic N) is 1. The van der Waals surface area contributed by atoms with E-state index < -0.39 is 12.0 Å². The second-order valence-electron chi connectivity index (χ2n) is 9.01. The predicted octanol–water partition coefficient (Wildman–Crippen LogP) is 3.30. The summed E-state index contributed by atoms with van der Waals surface area (Å²) in [6.45, 7) is 11.4. The first-order valence-corrected chi connectivity index (χ1v) is 11.0. The molecular weight excluding hydrogens is 380 g/mol. The van der Waals surface area contributed by atoms with Crippen molar-refractivity contribution in [2.24, 2.45) is 11.8 Å². The number of nitrogens with one attached hydrogen (secondary N) is 1. The number of amides is 2. The first-order chi connectivity index (χ1) is 14.2. The Kier molecular flexibility index (Phi) is 8.88. The van der Waals surface area contributed by atoms with Crippen LogP contribution in [0.5, 0.6) is 0 Å². The quantitative estimate of drug-likeness (QED) is 0.627. The molecular formula is C24H36N2O4. The van der Waals surface area contributed by atoms with Gasteiger partial charge in [0.2, 0.25) is 11.8 Å². The van der Waals surface area contributed by atoms with Crippen LogP contribution in [-0.4, -0.2) is 48.4 Å². The molecule has 1 heterocycles. The number of hydrogen-bond donors (Lipinski definition) is 1. The molecule has 2 unspecified atom stereocenters. The van der Waals surface area contributed by atoms with Crippen LogP contribution in [0.15, 0.2) is 24.3 Å². The average Bonchev–Trinajstić information content (AvgIpc) is 2.68. The fourth-order valence-corrected chi connectivity index (χ4v) is 3.61. The molecule has 1 fully saturated rings. The molecule has 0 aromatic heterocycles. The summed E-state index contributed by atoms with van der Waals surface area (Å²) in [5.41, 5.74) is 2.16. The van der Waals surface area contributed by atoms with Gasteiger partial charge in [0.15, 0.2) is 0 Å². The average molecular weight is 417 g/mol. The molecule has 2 atom stereocenters. The number of carbonyl (C=O) groups excluding carboxylic acids is 3. The molecule has 30 heavy (non-hydrogen) atoms. The summed E-state index contributed by atoms with van der Waals surface area (Å²) in [7, 11) is 0. The zero-order valence-corrected chi connectivity index (χ0v) is 18.9. The van der Waals surface area contributed by atoms with Gasteiger partial charge in [0.05, 0.1) is 18.9 Å². The Morgan fingerprint density at radius 2 is 1.77 bits per heavy atom. The Hall–Kier alpha value is -2.37. The van der Waals surface area contributed by atoms with E-state index in [1.807, 2.05) is 19.1 Å². The Bertz CT molecular complexity index is 727. The first-order valence-electron chi connectivity index (χ1n) is 11.0. The summed E-state index contributed by atoms with van der Waals surface area (Å²) >= 11 is 0. The van der Waals surface area contributed by atoms with Gasteiger partial charge in [-0.15, -0.1) is 0 Å². The number of benzene rings is 1. The molecule has 1 aromatic rings. The van der Waals surface area contributed by atoms with E-state index in [2.05, 4.69) is 45.1 Å². The number of carbonyl (C=O) groups is 3. The summed E-state index contributed by atoms with van der Waals surface area (Å²) in [5.74, 6) is -0.259. The number of rotatable bonds is 9. The lowest BCUT2D eigenvalue weighted by Crippen LogP contribution is -2.58. The van der Waals surface area contributed by atoms with Crippen molar-refractivity contribution in [1.29, 1.82) is 0 Å². The number of hydrogen-bond acceptors (Lipinski definition) is 4. The van der Waals surface area contributed by atoms with Crippen LogP contribution in [-0.2, 0) is 25.5 Å². The molecule has 166 valence electrons. The van der Waals surface area contributed by atoms with E-state index in [1.54, 1.807) is 0 Å². The standard InChI is InChI=1S/C24H36N2O4/c1-16(2)10-13-30-22(27)15-21-23(28)25-11-12-26(21)24(29)18(5)20-8-6-19(7-9-20)14-17(3)4/h6-9,16-18,21H,10-15H2,1-5H3,(H,25,28). The minimum Gasteiger partial charge on any atom is -0.466 e. The number of esters is 1. The third-order valence-corrected chi connectivity index (χ3v) is 5.43. The fraction of sp³-hybridized carbons (Fsp3) is 0.625. The van der Waals surface area contributed by atoms with Crippen LogP contribution in [0.1, 0.15) is 64.5 Å². The number of ether oxygens (including phenoxy) is 1. The summed E-state index contributed by atoms with van der Waals surface area (Å²) in [6.07, 6.45) is 1.65. The second kappa shape index (κ2) is 11.1. The van der Waals surface area contributed by atoms with Gasteiger partial charge in [0.25, 0.3) is 0 Å². The molecule has 1 aliphatic heterocycles. The van der Waals surface area contributed by atoms with Crippen molar-refractivity contribution in [3.05, 3.63) is 35.4 Å². The molecule has 6 heteroatoms. The van der Waals surface area contributed by atoms with Crippen LogP contribution in [0.2, 0.25) is 0 Å². The summed E-state index contributed by atoms with van der Waals surface area (Å²) in [4.78, 5) is 39.4. The van der Waals surface area contributed by atoms with Gasteiger partial charge in [0.1, 0.15) is 6.04 Å².